The lowest BCUT2D eigenvalue weighted by molar-refractivity contribution is -0.115. The third kappa shape index (κ3) is 4.71. The normalized spacial score (nSPS) is 23.4. The van der Waals surface area contributed by atoms with Gasteiger partial charge in [-0.15, -0.1) is 0 Å². The molecule has 2 atom stereocenters. The standard InChI is InChI=1S/C18H24F3N5O/c1-10-8-26(11-3-4-11)9-14(10)25-18(22-2)23-7-15(27)24-13-6-5-12(19)16(20)17(13)21/h5-6,10-11,14H,3-4,7-9H2,1-2H3,(H,24,27)(H2,22,23,25). The number of aliphatic imine (C=N–C) groups is 1. The van der Waals surface area contributed by atoms with E-state index in [-0.39, 0.29) is 12.6 Å². The molecule has 2 unspecified atom stereocenters. The van der Waals surface area contributed by atoms with Crippen LogP contribution in [0.4, 0.5) is 18.9 Å². The van der Waals surface area contributed by atoms with Crippen LogP contribution < -0.4 is 16.0 Å². The minimum atomic E-state index is -1.62. The Morgan fingerprint density at radius 3 is 2.63 bits per heavy atom. The molecule has 0 radical (unpaired) electrons. The average molecular weight is 383 g/mol. The molecule has 6 nitrogen and oxygen atoms in total. The topological polar surface area (TPSA) is 68.8 Å². The summed E-state index contributed by atoms with van der Waals surface area (Å²) in [5, 5.41) is 8.39. The SMILES string of the molecule is CN=C(NCC(=O)Nc1ccc(F)c(F)c1F)NC1CN(C2CC2)CC1C. The van der Waals surface area contributed by atoms with Crippen LogP contribution in [-0.2, 0) is 4.79 Å². The van der Waals surface area contributed by atoms with Gasteiger partial charge in [-0.1, -0.05) is 6.92 Å². The molecule has 1 aliphatic heterocycles. The summed E-state index contributed by atoms with van der Waals surface area (Å²) in [6.45, 7) is 3.95. The zero-order chi connectivity index (χ0) is 19.6. The summed E-state index contributed by atoms with van der Waals surface area (Å²) in [7, 11) is 1.60. The van der Waals surface area contributed by atoms with Gasteiger partial charge in [-0.05, 0) is 30.9 Å². The number of guanidine groups is 1. The third-order valence-electron chi connectivity index (χ3n) is 4.98. The second-order valence-electron chi connectivity index (χ2n) is 7.11. The first-order chi connectivity index (χ1) is 12.9. The summed E-state index contributed by atoms with van der Waals surface area (Å²) < 4.78 is 39.8. The van der Waals surface area contributed by atoms with E-state index in [4.69, 9.17) is 0 Å². The Kier molecular flexibility index (Phi) is 5.88. The van der Waals surface area contributed by atoms with E-state index in [1.54, 1.807) is 7.05 Å². The molecule has 3 rings (SSSR count). The van der Waals surface area contributed by atoms with Gasteiger partial charge in [0.05, 0.1) is 12.2 Å². The van der Waals surface area contributed by atoms with Crippen LogP contribution in [0.2, 0.25) is 0 Å². The van der Waals surface area contributed by atoms with Gasteiger partial charge >= 0.3 is 0 Å². The summed E-state index contributed by atoms with van der Waals surface area (Å²) in [5.74, 6) is -4.03. The molecule has 0 spiro atoms. The van der Waals surface area contributed by atoms with Crippen LogP contribution in [0.5, 0.6) is 0 Å². The third-order valence-corrected chi connectivity index (χ3v) is 4.98. The molecular weight excluding hydrogens is 359 g/mol. The lowest BCUT2D eigenvalue weighted by Crippen LogP contribution is -2.48. The largest absolute Gasteiger partial charge is 0.352 e. The summed E-state index contributed by atoms with van der Waals surface area (Å²) in [5.41, 5.74) is -0.409. The number of likely N-dealkylation sites (tertiary alicyclic amines) is 1. The first kappa shape index (κ1) is 19.5. The Hall–Kier alpha value is -2.29. The van der Waals surface area contributed by atoms with Crippen molar-refractivity contribution in [2.24, 2.45) is 10.9 Å². The molecule has 2 fully saturated rings. The molecule has 9 heteroatoms. The zero-order valence-corrected chi connectivity index (χ0v) is 15.4. The number of hydrogen-bond acceptors (Lipinski definition) is 3. The molecule has 1 amide bonds. The minimum Gasteiger partial charge on any atom is -0.352 e. The average Bonchev–Trinajstić information content (AvgIpc) is 3.43. The lowest BCUT2D eigenvalue weighted by Gasteiger charge is -2.20. The molecule has 2 aliphatic rings. The molecule has 27 heavy (non-hydrogen) atoms. The quantitative estimate of drug-likeness (QED) is 0.411. The van der Waals surface area contributed by atoms with Crippen LogP contribution in [0.25, 0.3) is 0 Å². The fourth-order valence-corrected chi connectivity index (χ4v) is 3.28. The fraction of sp³-hybridized carbons (Fsp3) is 0.556. The second kappa shape index (κ2) is 8.16. The van der Waals surface area contributed by atoms with Gasteiger partial charge < -0.3 is 16.0 Å². The van der Waals surface area contributed by atoms with E-state index in [1.165, 1.54) is 12.8 Å². The van der Waals surface area contributed by atoms with Gasteiger partial charge in [-0.3, -0.25) is 14.7 Å². The lowest BCUT2D eigenvalue weighted by atomic mass is 10.1. The van der Waals surface area contributed by atoms with E-state index in [0.717, 1.165) is 25.2 Å². The summed E-state index contributed by atoms with van der Waals surface area (Å²) >= 11 is 0. The van der Waals surface area contributed by atoms with Crippen LogP contribution in [0.15, 0.2) is 17.1 Å². The van der Waals surface area contributed by atoms with E-state index in [9.17, 15) is 18.0 Å². The molecule has 1 aromatic carbocycles. The molecule has 148 valence electrons. The maximum atomic E-state index is 13.6. The number of hydrogen-bond donors (Lipinski definition) is 3. The molecule has 1 aromatic rings. The van der Waals surface area contributed by atoms with Gasteiger partial charge in [0.25, 0.3) is 0 Å². The van der Waals surface area contributed by atoms with Crippen molar-refractivity contribution in [1.29, 1.82) is 0 Å². The Balaban J connectivity index is 1.49. The Morgan fingerprint density at radius 2 is 1.96 bits per heavy atom. The number of benzene rings is 1. The van der Waals surface area contributed by atoms with Crippen molar-refractivity contribution in [2.75, 3.05) is 32.0 Å². The highest BCUT2D eigenvalue weighted by Gasteiger charge is 2.38. The van der Waals surface area contributed by atoms with Gasteiger partial charge in [0.15, 0.2) is 23.4 Å². The number of anilines is 1. The van der Waals surface area contributed by atoms with Gasteiger partial charge in [0.2, 0.25) is 5.91 Å². The zero-order valence-electron chi connectivity index (χ0n) is 15.4. The second-order valence-corrected chi connectivity index (χ2v) is 7.11. The predicted molar refractivity (Wildman–Crippen MR) is 97.0 cm³/mol. The summed E-state index contributed by atoms with van der Waals surface area (Å²) in [6, 6.07) is 2.66. The minimum absolute atomic E-state index is 0.189. The van der Waals surface area contributed by atoms with Gasteiger partial charge in [-0.2, -0.15) is 0 Å². The van der Waals surface area contributed by atoms with Crippen LogP contribution in [0, 0.1) is 23.4 Å². The maximum absolute atomic E-state index is 13.6. The molecule has 1 saturated carbocycles. The van der Waals surface area contributed by atoms with E-state index >= 15 is 0 Å². The molecule has 3 N–H and O–H groups in total. The number of rotatable bonds is 5. The molecule has 0 aromatic heterocycles. The van der Waals surface area contributed by atoms with Crippen LogP contribution >= 0.6 is 0 Å². The summed E-state index contributed by atoms with van der Waals surface area (Å²) in [4.78, 5) is 18.6. The Morgan fingerprint density at radius 1 is 1.22 bits per heavy atom. The highest BCUT2D eigenvalue weighted by atomic mass is 19.2. The highest BCUT2D eigenvalue weighted by Crippen LogP contribution is 2.31. The predicted octanol–water partition coefficient (Wildman–Crippen LogP) is 1.69. The molecule has 1 saturated heterocycles. The number of carbonyl (C=O) groups is 1. The Labute approximate surface area is 156 Å². The van der Waals surface area contributed by atoms with E-state index in [2.05, 4.69) is 32.8 Å². The highest BCUT2D eigenvalue weighted by molar-refractivity contribution is 5.95. The van der Waals surface area contributed by atoms with Crippen LogP contribution in [0.3, 0.4) is 0 Å². The summed E-state index contributed by atoms with van der Waals surface area (Å²) in [6.07, 6.45) is 2.51. The first-order valence-electron chi connectivity index (χ1n) is 9.03. The maximum Gasteiger partial charge on any atom is 0.243 e. The van der Waals surface area contributed by atoms with Crippen molar-refractivity contribution in [3.8, 4) is 0 Å². The number of nitrogens with zero attached hydrogens (tertiary/aromatic N) is 2. The van der Waals surface area contributed by atoms with Crippen LogP contribution in [0.1, 0.15) is 19.8 Å². The number of nitrogens with one attached hydrogen (secondary N) is 3. The Bertz CT molecular complexity index is 738. The van der Waals surface area contributed by atoms with Crippen molar-refractivity contribution in [2.45, 2.75) is 31.8 Å². The number of halogens is 3. The first-order valence-corrected chi connectivity index (χ1v) is 9.03. The smallest absolute Gasteiger partial charge is 0.243 e. The molecule has 1 heterocycles. The van der Waals surface area contributed by atoms with Crippen LogP contribution in [-0.4, -0.2) is 55.5 Å². The van der Waals surface area contributed by atoms with Crippen molar-refractivity contribution in [3.05, 3.63) is 29.6 Å². The van der Waals surface area contributed by atoms with Crippen molar-refractivity contribution in [1.82, 2.24) is 15.5 Å². The number of carbonyl (C=O) groups excluding carboxylic acids is 1. The van der Waals surface area contributed by atoms with Gasteiger partial charge in [0.1, 0.15) is 0 Å². The van der Waals surface area contributed by atoms with E-state index in [1.807, 2.05) is 0 Å². The van der Waals surface area contributed by atoms with Crippen molar-refractivity contribution < 1.29 is 18.0 Å². The monoisotopic (exact) mass is 383 g/mol. The van der Waals surface area contributed by atoms with E-state index < -0.39 is 29.0 Å². The van der Waals surface area contributed by atoms with Crippen molar-refractivity contribution in [3.63, 3.8) is 0 Å². The van der Waals surface area contributed by atoms with E-state index in [0.29, 0.717) is 17.9 Å². The molecule has 0 bridgehead atoms. The number of amides is 1. The molecule has 1 aliphatic carbocycles. The molecular formula is C18H24F3N5O. The van der Waals surface area contributed by atoms with Crippen molar-refractivity contribution >= 4 is 17.6 Å². The fourth-order valence-electron chi connectivity index (χ4n) is 3.28. The van der Waals surface area contributed by atoms with Gasteiger partial charge in [-0.25, -0.2) is 13.2 Å². The van der Waals surface area contributed by atoms with Gasteiger partial charge in [0, 0.05) is 32.2 Å².